The molecule has 0 unspecified atom stereocenters. The van der Waals surface area contributed by atoms with Crippen LogP contribution in [0.15, 0.2) is 59.2 Å². The van der Waals surface area contributed by atoms with Crippen molar-refractivity contribution in [3.63, 3.8) is 0 Å². The van der Waals surface area contributed by atoms with Gasteiger partial charge in [-0.25, -0.2) is 0 Å². The van der Waals surface area contributed by atoms with Crippen molar-refractivity contribution in [2.75, 3.05) is 0 Å². The first-order chi connectivity index (χ1) is 8.72. The lowest BCUT2D eigenvalue weighted by molar-refractivity contribution is 1.35. The van der Waals surface area contributed by atoms with Crippen molar-refractivity contribution < 1.29 is 0 Å². The van der Waals surface area contributed by atoms with Crippen molar-refractivity contribution in [2.24, 2.45) is 0 Å². The summed E-state index contributed by atoms with van der Waals surface area (Å²) in [5.41, 5.74) is 3.42. The van der Waals surface area contributed by atoms with E-state index in [4.69, 9.17) is 0 Å². The Kier molecular flexibility index (Phi) is 2.88. The van der Waals surface area contributed by atoms with Crippen LogP contribution in [0.1, 0.15) is 5.56 Å². The highest BCUT2D eigenvalue weighted by Crippen LogP contribution is 2.24. The van der Waals surface area contributed by atoms with Gasteiger partial charge >= 0.3 is 0 Å². The first-order valence-electron chi connectivity index (χ1n) is 5.85. The standard InChI is InChI=1S/C16H12BrN/c1-11-2-3-13-9-16(18-10-14(13)8-11)12-4-6-15(17)7-5-12/h2-10H,1H3. The smallest absolute Gasteiger partial charge is 0.0708 e. The fraction of sp³-hybridized carbons (Fsp3) is 0.0625. The van der Waals surface area contributed by atoms with Gasteiger partial charge in [0.1, 0.15) is 0 Å². The minimum Gasteiger partial charge on any atom is -0.256 e. The highest BCUT2D eigenvalue weighted by molar-refractivity contribution is 9.10. The Morgan fingerprint density at radius 3 is 2.44 bits per heavy atom. The first-order valence-corrected chi connectivity index (χ1v) is 6.64. The third-order valence-corrected chi connectivity index (χ3v) is 3.55. The molecule has 2 aromatic carbocycles. The summed E-state index contributed by atoms with van der Waals surface area (Å²) in [6, 6.07) is 16.8. The van der Waals surface area contributed by atoms with E-state index in [0.29, 0.717) is 0 Å². The number of pyridine rings is 1. The minimum atomic E-state index is 1.01. The lowest BCUT2D eigenvalue weighted by Gasteiger charge is -2.04. The number of nitrogens with zero attached hydrogens (tertiary/aromatic N) is 1. The fourth-order valence-corrected chi connectivity index (χ4v) is 2.30. The normalized spacial score (nSPS) is 10.8. The Morgan fingerprint density at radius 1 is 0.889 bits per heavy atom. The molecule has 0 amide bonds. The van der Waals surface area contributed by atoms with E-state index in [0.717, 1.165) is 15.7 Å². The molecule has 1 aromatic heterocycles. The highest BCUT2D eigenvalue weighted by atomic mass is 79.9. The van der Waals surface area contributed by atoms with Gasteiger partial charge in [-0.2, -0.15) is 0 Å². The number of benzene rings is 2. The molecule has 88 valence electrons. The maximum atomic E-state index is 4.53. The second kappa shape index (κ2) is 4.54. The van der Waals surface area contributed by atoms with Crippen LogP contribution in [0, 0.1) is 6.92 Å². The quantitative estimate of drug-likeness (QED) is 0.618. The van der Waals surface area contributed by atoms with E-state index >= 15 is 0 Å². The molecule has 1 nitrogen and oxygen atoms in total. The molecule has 0 bridgehead atoms. The van der Waals surface area contributed by atoms with Crippen molar-refractivity contribution in [1.29, 1.82) is 0 Å². The Balaban J connectivity index is 2.13. The monoisotopic (exact) mass is 297 g/mol. The summed E-state index contributed by atoms with van der Waals surface area (Å²) in [6.07, 6.45) is 1.94. The molecule has 0 saturated heterocycles. The van der Waals surface area contributed by atoms with Crippen LogP contribution in [0.5, 0.6) is 0 Å². The summed E-state index contributed by atoms with van der Waals surface area (Å²) in [5, 5.41) is 2.42. The number of hydrogen-bond acceptors (Lipinski definition) is 1. The predicted octanol–water partition coefficient (Wildman–Crippen LogP) is 4.97. The zero-order valence-electron chi connectivity index (χ0n) is 10.0. The van der Waals surface area contributed by atoms with E-state index in [1.54, 1.807) is 0 Å². The molecule has 0 aliphatic carbocycles. The van der Waals surface area contributed by atoms with Gasteiger partial charge < -0.3 is 0 Å². The maximum absolute atomic E-state index is 4.53. The van der Waals surface area contributed by atoms with Gasteiger partial charge in [0.25, 0.3) is 0 Å². The third kappa shape index (κ3) is 2.16. The molecule has 0 fully saturated rings. The number of aryl methyl sites for hydroxylation is 1. The number of fused-ring (bicyclic) bond motifs is 1. The van der Waals surface area contributed by atoms with Gasteiger partial charge in [-0.05, 0) is 36.6 Å². The number of halogens is 1. The largest absolute Gasteiger partial charge is 0.256 e. The van der Waals surface area contributed by atoms with Crippen molar-refractivity contribution in [3.8, 4) is 11.3 Å². The summed E-state index contributed by atoms with van der Waals surface area (Å²) < 4.78 is 1.09. The molecular formula is C16H12BrN. The van der Waals surface area contributed by atoms with Crippen LogP contribution in [-0.4, -0.2) is 4.98 Å². The van der Waals surface area contributed by atoms with Gasteiger partial charge in [0.2, 0.25) is 0 Å². The molecule has 0 aliphatic heterocycles. The number of hydrogen-bond donors (Lipinski definition) is 0. The van der Waals surface area contributed by atoms with Crippen LogP contribution in [0.25, 0.3) is 22.0 Å². The summed E-state index contributed by atoms with van der Waals surface area (Å²) in [7, 11) is 0. The first kappa shape index (κ1) is 11.4. The van der Waals surface area contributed by atoms with Gasteiger partial charge in [-0.3, -0.25) is 4.98 Å². The average Bonchev–Trinajstić information content (AvgIpc) is 2.39. The molecule has 3 rings (SSSR count). The van der Waals surface area contributed by atoms with Gasteiger partial charge in [0.15, 0.2) is 0 Å². The summed E-state index contributed by atoms with van der Waals surface area (Å²) in [4.78, 5) is 4.53. The van der Waals surface area contributed by atoms with E-state index in [1.165, 1.54) is 16.3 Å². The maximum Gasteiger partial charge on any atom is 0.0708 e. The zero-order chi connectivity index (χ0) is 12.5. The third-order valence-electron chi connectivity index (χ3n) is 3.02. The van der Waals surface area contributed by atoms with Crippen molar-refractivity contribution in [1.82, 2.24) is 4.98 Å². The van der Waals surface area contributed by atoms with E-state index in [9.17, 15) is 0 Å². The van der Waals surface area contributed by atoms with E-state index < -0.39 is 0 Å². The Morgan fingerprint density at radius 2 is 1.67 bits per heavy atom. The molecule has 0 N–H and O–H groups in total. The van der Waals surface area contributed by atoms with Crippen LogP contribution >= 0.6 is 15.9 Å². The average molecular weight is 298 g/mol. The van der Waals surface area contributed by atoms with Crippen LogP contribution < -0.4 is 0 Å². The molecule has 0 spiro atoms. The fourth-order valence-electron chi connectivity index (χ4n) is 2.04. The molecule has 2 heteroatoms. The molecule has 0 saturated carbocycles. The molecule has 1 heterocycles. The summed E-state index contributed by atoms with van der Waals surface area (Å²) >= 11 is 3.45. The second-order valence-corrected chi connectivity index (χ2v) is 5.34. The lowest BCUT2D eigenvalue weighted by Crippen LogP contribution is -1.84. The van der Waals surface area contributed by atoms with Gasteiger partial charge in [0.05, 0.1) is 5.69 Å². The Hall–Kier alpha value is -1.67. The summed E-state index contributed by atoms with van der Waals surface area (Å²) in [6.45, 7) is 2.10. The Labute approximate surface area is 115 Å². The van der Waals surface area contributed by atoms with Gasteiger partial charge in [0, 0.05) is 21.6 Å². The van der Waals surface area contributed by atoms with Crippen LogP contribution in [0.3, 0.4) is 0 Å². The molecule has 18 heavy (non-hydrogen) atoms. The zero-order valence-corrected chi connectivity index (χ0v) is 11.6. The molecule has 3 aromatic rings. The van der Waals surface area contributed by atoms with Crippen molar-refractivity contribution in [3.05, 3.63) is 64.8 Å². The van der Waals surface area contributed by atoms with Gasteiger partial charge in [-0.1, -0.05) is 45.8 Å². The van der Waals surface area contributed by atoms with Crippen LogP contribution in [0.2, 0.25) is 0 Å². The molecule has 0 aliphatic rings. The van der Waals surface area contributed by atoms with Crippen LogP contribution in [0.4, 0.5) is 0 Å². The van der Waals surface area contributed by atoms with E-state index in [2.05, 4.69) is 64.2 Å². The van der Waals surface area contributed by atoms with Crippen LogP contribution in [-0.2, 0) is 0 Å². The second-order valence-electron chi connectivity index (χ2n) is 4.43. The SMILES string of the molecule is Cc1ccc2cc(-c3ccc(Br)cc3)ncc2c1. The highest BCUT2D eigenvalue weighted by Gasteiger charge is 2.01. The van der Waals surface area contributed by atoms with Crippen molar-refractivity contribution >= 4 is 26.7 Å². The predicted molar refractivity (Wildman–Crippen MR) is 79.6 cm³/mol. The van der Waals surface area contributed by atoms with Gasteiger partial charge in [-0.15, -0.1) is 0 Å². The number of aromatic nitrogens is 1. The summed E-state index contributed by atoms with van der Waals surface area (Å²) in [5.74, 6) is 0. The Bertz CT molecular complexity index is 702. The number of rotatable bonds is 1. The topological polar surface area (TPSA) is 12.9 Å². The molecular weight excluding hydrogens is 286 g/mol. The minimum absolute atomic E-state index is 1.01. The van der Waals surface area contributed by atoms with Crippen molar-refractivity contribution in [2.45, 2.75) is 6.92 Å². The van der Waals surface area contributed by atoms with E-state index in [-0.39, 0.29) is 0 Å². The molecule has 0 radical (unpaired) electrons. The van der Waals surface area contributed by atoms with E-state index in [1.807, 2.05) is 18.3 Å². The molecule has 0 atom stereocenters. The lowest BCUT2D eigenvalue weighted by atomic mass is 10.1.